The summed E-state index contributed by atoms with van der Waals surface area (Å²) in [6, 6.07) is 0.388. The third kappa shape index (κ3) is 3.32. The number of nitrogens with zero attached hydrogens (tertiary/aromatic N) is 1. The van der Waals surface area contributed by atoms with Crippen molar-refractivity contribution >= 4 is 5.91 Å². The molecule has 3 aliphatic heterocycles. The van der Waals surface area contributed by atoms with Gasteiger partial charge in [0.25, 0.3) is 0 Å². The number of carbonyl (C=O) groups is 1. The van der Waals surface area contributed by atoms with Crippen molar-refractivity contribution in [3.63, 3.8) is 0 Å². The molecule has 1 N–H and O–H groups in total. The van der Waals surface area contributed by atoms with Crippen LogP contribution in [0.25, 0.3) is 0 Å². The second-order valence-corrected chi connectivity index (χ2v) is 6.35. The molecule has 2 unspecified atom stereocenters. The summed E-state index contributed by atoms with van der Waals surface area (Å²) < 4.78 is 11.4. The van der Waals surface area contributed by atoms with Crippen molar-refractivity contribution in [1.82, 2.24) is 10.2 Å². The first-order chi connectivity index (χ1) is 9.77. The van der Waals surface area contributed by atoms with Crippen molar-refractivity contribution in [2.24, 2.45) is 0 Å². The Labute approximate surface area is 121 Å². The van der Waals surface area contributed by atoms with Crippen LogP contribution < -0.4 is 5.32 Å². The molecule has 3 rings (SSSR count). The highest BCUT2D eigenvalue weighted by Gasteiger charge is 2.40. The van der Waals surface area contributed by atoms with E-state index >= 15 is 0 Å². The largest absolute Gasteiger partial charge is 0.378 e. The number of rotatable bonds is 3. The van der Waals surface area contributed by atoms with E-state index in [1.54, 1.807) is 0 Å². The fraction of sp³-hybridized carbons (Fsp3) is 0.933. The van der Waals surface area contributed by atoms with Gasteiger partial charge in [-0.2, -0.15) is 0 Å². The van der Waals surface area contributed by atoms with Gasteiger partial charge in [-0.25, -0.2) is 0 Å². The van der Waals surface area contributed by atoms with Crippen molar-refractivity contribution in [2.45, 2.75) is 50.2 Å². The van der Waals surface area contributed by atoms with Crippen LogP contribution >= 0.6 is 0 Å². The SMILES string of the molecule is O=C(CNC1CCOC2(CCOC2)C1)N1CCCCC1. The van der Waals surface area contributed by atoms with E-state index in [4.69, 9.17) is 9.47 Å². The van der Waals surface area contributed by atoms with Gasteiger partial charge in [-0.05, 0) is 32.1 Å². The maximum Gasteiger partial charge on any atom is 0.236 e. The Morgan fingerprint density at radius 2 is 2.10 bits per heavy atom. The topological polar surface area (TPSA) is 50.8 Å². The van der Waals surface area contributed by atoms with Crippen LogP contribution in [0.3, 0.4) is 0 Å². The number of ether oxygens (including phenoxy) is 2. The van der Waals surface area contributed by atoms with Crippen molar-refractivity contribution in [1.29, 1.82) is 0 Å². The van der Waals surface area contributed by atoms with E-state index in [1.165, 1.54) is 6.42 Å². The van der Waals surface area contributed by atoms with Crippen LogP contribution in [0.1, 0.15) is 38.5 Å². The summed E-state index contributed by atoms with van der Waals surface area (Å²) >= 11 is 0. The van der Waals surface area contributed by atoms with Crippen LogP contribution in [-0.2, 0) is 14.3 Å². The van der Waals surface area contributed by atoms with Crippen molar-refractivity contribution in [3.8, 4) is 0 Å². The lowest BCUT2D eigenvalue weighted by atomic mass is 9.90. The summed E-state index contributed by atoms with van der Waals surface area (Å²) in [7, 11) is 0. The summed E-state index contributed by atoms with van der Waals surface area (Å²) in [6.45, 7) is 4.64. The highest BCUT2D eigenvalue weighted by Crippen LogP contribution is 2.32. The van der Waals surface area contributed by atoms with E-state index < -0.39 is 0 Å². The van der Waals surface area contributed by atoms with Crippen LogP contribution in [-0.4, -0.2) is 61.9 Å². The number of amides is 1. The van der Waals surface area contributed by atoms with E-state index in [-0.39, 0.29) is 11.5 Å². The minimum absolute atomic E-state index is 0.0793. The molecule has 1 spiro atoms. The van der Waals surface area contributed by atoms with Gasteiger partial charge in [-0.3, -0.25) is 4.79 Å². The molecule has 5 heteroatoms. The van der Waals surface area contributed by atoms with E-state index in [0.29, 0.717) is 19.2 Å². The molecule has 3 fully saturated rings. The van der Waals surface area contributed by atoms with Gasteiger partial charge in [0.2, 0.25) is 5.91 Å². The van der Waals surface area contributed by atoms with Crippen LogP contribution in [0.4, 0.5) is 0 Å². The summed E-state index contributed by atoms with van der Waals surface area (Å²) in [5.41, 5.74) is -0.0793. The molecular formula is C15H26N2O3. The predicted molar refractivity (Wildman–Crippen MR) is 75.6 cm³/mol. The fourth-order valence-corrected chi connectivity index (χ4v) is 3.55. The first-order valence-corrected chi connectivity index (χ1v) is 8.00. The van der Waals surface area contributed by atoms with Gasteiger partial charge < -0.3 is 19.7 Å². The summed E-state index contributed by atoms with van der Waals surface area (Å²) in [5, 5.41) is 3.44. The predicted octanol–water partition coefficient (Wildman–Crippen LogP) is 0.927. The molecule has 3 saturated heterocycles. The fourth-order valence-electron chi connectivity index (χ4n) is 3.55. The zero-order chi connectivity index (χ0) is 13.8. The van der Waals surface area contributed by atoms with Gasteiger partial charge in [0, 0.05) is 38.8 Å². The second kappa shape index (κ2) is 6.41. The highest BCUT2D eigenvalue weighted by molar-refractivity contribution is 5.78. The van der Waals surface area contributed by atoms with Crippen LogP contribution in [0.2, 0.25) is 0 Å². The Hall–Kier alpha value is -0.650. The minimum Gasteiger partial charge on any atom is -0.378 e. The Morgan fingerprint density at radius 3 is 2.85 bits per heavy atom. The van der Waals surface area contributed by atoms with Gasteiger partial charge in [-0.1, -0.05) is 0 Å². The van der Waals surface area contributed by atoms with Crippen LogP contribution in [0.15, 0.2) is 0 Å². The maximum absolute atomic E-state index is 12.2. The minimum atomic E-state index is -0.0793. The third-order valence-electron chi connectivity index (χ3n) is 4.81. The lowest BCUT2D eigenvalue weighted by Gasteiger charge is -2.37. The number of hydrogen-bond acceptors (Lipinski definition) is 4. The number of nitrogens with one attached hydrogen (secondary N) is 1. The standard InChI is InChI=1S/C15H26N2O3/c18-14(17-6-2-1-3-7-17)11-16-13-4-8-20-15(10-13)5-9-19-12-15/h13,16H,1-12H2. The molecular weight excluding hydrogens is 256 g/mol. The Kier molecular flexibility index (Phi) is 4.58. The summed E-state index contributed by atoms with van der Waals surface area (Å²) in [5.74, 6) is 0.257. The molecule has 3 heterocycles. The van der Waals surface area contributed by atoms with Gasteiger partial charge in [0.05, 0.1) is 18.8 Å². The van der Waals surface area contributed by atoms with E-state index in [2.05, 4.69) is 5.32 Å². The van der Waals surface area contributed by atoms with Crippen molar-refractivity contribution in [2.75, 3.05) is 39.5 Å². The second-order valence-electron chi connectivity index (χ2n) is 6.35. The highest BCUT2D eigenvalue weighted by atomic mass is 16.6. The zero-order valence-electron chi connectivity index (χ0n) is 12.2. The molecule has 0 aromatic rings. The number of hydrogen-bond donors (Lipinski definition) is 1. The molecule has 0 radical (unpaired) electrons. The molecule has 0 saturated carbocycles. The molecule has 1 amide bonds. The van der Waals surface area contributed by atoms with Gasteiger partial charge >= 0.3 is 0 Å². The van der Waals surface area contributed by atoms with Crippen molar-refractivity contribution in [3.05, 3.63) is 0 Å². The maximum atomic E-state index is 12.2. The van der Waals surface area contributed by atoms with Gasteiger partial charge in [-0.15, -0.1) is 0 Å². The summed E-state index contributed by atoms with van der Waals surface area (Å²) in [6.07, 6.45) is 6.53. The van der Waals surface area contributed by atoms with E-state index in [9.17, 15) is 4.79 Å². The molecule has 0 bridgehead atoms. The number of likely N-dealkylation sites (tertiary alicyclic amines) is 1. The van der Waals surface area contributed by atoms with Gasteiger partial charge in [0.15, 0.2) is 0 Å². The van der Waals surface area contributed by atoms with E-state index in [0.717, 1.165) is 58.4 Å². The Morgan fingerprint density at radius 1 is 1.25 bits per heavy atom. The number of piperidine rings is 1. The monoisotopic (exact) mass is 282 g/mol. The molecule has 0 aromatic heterocycles. The Bertz CT molecular complexity index is 336. The van der Waals surface area contributed by atoms with E-state index in [1.807, 2.05) is 4.90 Å². The zero-order valence-corrected chi connectivity index (χ0v) is 12.2. The average molecular weight is 282 g/mol. The first-order valence-electron chi connectivity index (χ1n) is 8.00. The molecule has 0 aliphatic carbocycles. The third-order valence-corrected chi connectivity index (χ3v) is 4.81. The molecule has 3 aliphatic rings. The normalized spacial score (nSPS) is 34.6. The lowest BCUT2D eigenvalue weighted by molar-refractivity contribution is -0.132. The first kappa shape index (κ1) is 14.3. The summed E-state index contributed by atoms with van der Waals surface area (Å²) in [4.78, 5) is 14.2. The molecule has 2 atom stereocenters. The smallest absolute Gasteiger partial charge is 0.236 e. The van der Waals surface area contributed by atoms with Gasteiger partial charge in [0.1, 0.15) is 0 Å². The quantitative estimate of drug-likeness (QED) is 0.836. The average Bonchev–Trinajstić information content (AvgIpc) is 2.93. The van der Waals surface area contributed by atoms with Crippen molar-refractivity contribution < 1.29 is 14.3 Å². The van der Waals surface area contributed by atoms with Crippen LogP contribution in [0, 0.1) is 0 Å². The number of carbonyl (C=O) groups excluding carboxylic acids is 1. The molecule has 5 nitrogen and oxygen atoms in total. The lowest BCUT2D eigenvalue weighted by Crippen LogP contribution is -2.50. The molecule has 114 valence electrons. The van der Waals surface area contributed by atoms with Crippen LogP contribution in [0.5, 0.6) is 0 Å². The molecule has 0 aromatic carbocycles. The molecule has 20 heavy (non-hydrogen) atoms. The Balaban J connectivity index is 1.44.